The predicted octanol–water partition coefficient (Wildman–Crippen LogP) is 2.34. The molecule has 1 saturated heterocycles. The van der Waals surface area contributed by atoms with Crippen molar-refractivity contribution in [3.05, 3.63) is 21.3 Å². The molecular formula is C12H13ClN2O2S. The lowest BCUT2D eigenvalue weighted by Gasteiger charge is -2.29. The van der Waals surface area contributed by atoms with E-state index in [1.807, 2.05) is 6.07 Å². The fourth-order valence-electron chi connectivity index (χ4n) is 1.89. The maximum atomic E-state index is 12.1. The van der Waals surface area contributed by atoms with Crippen LogP contribution in [0.1, 0.15) is 17.7 Å². The lowest BCUT2D eigenvalue weighted by Crippen LogP contribution is -2.43. The summed E-state index contributed by atoms with van der Waals surface area (Å²) in [7, 11) is 0. The van der Waals surface area contributed by atoms with Gasteiger partial charge in [0.2, 0.25) is 5.91 Å². The second-order valence-electron chi connectivity index (χ2n) is 4.19. The Kier molecular flexibility index (Phi) is 4.23. The summed E-state index contributed by atoms with van der Waals surface area (Å²) in [5.74, 6) is -0.210. The van der Waals surface area contributed by atoms with Crippen molar-refractivity contribution in [3.8, 4) is 6.07 Å². The van der Waals surface area contributed by atoms with Gasteiger partial charge in [-0.2, -0.15) is 5.26 Å². The lowest BCUT2D eigenvalue weighted by atomic mass is 9.81. The topological polar surface area (TPSA) is 62.1 Å². The van der Waals surface area contributed by atoms with Crippen LogP contribution in [0.25, 0.3) is 0 Å². The molecule has 0 radical (unpaired) electrons. The highest BCUT2D eigenvalue weighted by Crippen LogP contribution is 2.30. The summed E-state index contributed by atoms with van der Waals surface area (Å²) in [6.45, 7) is 1.35. The molecule has 0 atom stereocenters. The fourth-order valence-corrected chi connectivity index (χ4v) is 2.92. The molecule has 2 rings (SSSR count). The minimum absolute atomic E-state index is 0.210. The Morgan fingerprint density at radius 2 is 2.28 bits per heavy atom. The van der Waals surface area contributed by atoms with E-state index in [-0.39, 0.29) is 5.91 Å². The summed E-state index contributed by atoms with van der Waals surface area (Å²) in [5.41, 5.74) is -0.931. The predicted molar refractivity (Wildman–Crippen MR) is 69.3 cm³/mol. The largest absolute Gasteiger partial charge is 0.381 e. The molecule has 0 unspecified atom stereocenters. The molecule has 0 aromatic carbocycles. The molecule has 1 amide bonds. The molecule has 1 aromatic rings. The third kappa shape index (κ3) is 2.83. The first-order valence-electron chi connectivity index (χ1n) is 5.68. The zero-order chi connectivity index (χ0) is 13.0. The van der Waals surface area contributed by atoms with Crippen molar-refractivity contribution >= 4 is 28.8 Å². The summed E-state index contributed by atoms with van der Waals surface area (Å²) in [5, 5.41) is 12.0. The zero-order valence-corrected chi connectivity index (χ0v) is 11.3. The van der Waals surface area contributed by atoms with Crippen LogP contribution < -0.4 is 5.32 Å². The van der Waals surface area contributed by atoms with E-state index in [0.29, 0.717) is 36.9 Å². The first-order chi connectivity index (χ1) is 8.66. The molecular weight excluding hydrogens is 272 g/mol. The van der Waals surface area contributed by atoms with Gasteiger partial charge >= 0.3 is 0 Å². The van der Waals surface area contributed by atoms with Gasteiger partial charge in [0.25, 0.3) is 0 Å². The van der Waals surface area contributed by atoms with Crippen molar-refractivity contribution in [1.82, 2.24) is 5.32 Å². The molecule has 96 valence electrons. The van der Waals surface area contributed by atoms with Crippen molar-refractivity contribution in [3.63, 3.8) is 0 Å². The minimum atomic E-state index is -0.931. The van der Waals surface area contributed by atoms with Crippen molar-refractivity contribution < 1.29 is 9.53 Å². The van der Waals surface area contributed by atoms with Crippen LogP contribution in [0.2, 0.25) is 4.34 Å². The second kappa shape index (κ2) is 5.70. The second-order valence-corrected chi connectivity index (χ2v) is 5.99. The van der Waals surface area contributed by atoms with E-state index in [0.717, 1.165) is 4.88 Å². The highest BCUT2D eigenvalue weighted by Gasteiger charge is 2.40. The van der Waals surface area contributed by atoms with E-state index in [2.05, 4.69) is 11.4 Å². The summed E-state index contributed by atoms with van der Waals surface area (Å²) in [4.78, 5) is 13.1. The number of nitrogens with zero attached hydrogens (tertiary/aromatic N) is 1. The quantitative estimate of drug-likeness (QED) is 0.927. The Bertz CT molecular complexity index is 475. The molecule has 6 heteroatoms. The van der Waals surface area contributed by atoms with E-state index in [1.54, 1.807) is 6.07 Å². The number of nitrogens with one attached hydrogen (secondary N) is 1. The Morgan fingerprint density at radius 1 is 1.56 bits per heavy atom. The van der Waals surface area contributed by atoms with Crippen LogP contribution >= 0.6 is 22.9 Å². The van der Waals surface area contributed by atoms with E-state index >= 15 is 0 Å². The van der Waals surface area contributed by atoms with Gasteiger partial charge in [-0.05, 0) is 25.0 Å². The Hall–Kier alpha value is -1.09. The van der Waals surface area contributed by atoms with Crippen LogP contribution in [0, 0.1) is 16.7 Å². The molecule has 1 fully saturated rings. The minimum Gasteiger partial charge on any atom is -0.381 e. The number of thiophene rings is 1. The average Bonchev–Trinajstić information content (AvgIpc) is 2.82. The maximum Gasteiger partial charge on any atom is 0.240 e. The SMILES string of the molecule is N#CC1(C(=O)NCc2ccc(Cl)s2)CCOCC1. The smallest absolute Gasteiger partial charge is 0.240 e. The monoisotopic (exact) mass is 284 g/mol. The van der Waals surface area contributed by atoms with Crippen LogP contribution in [0.15, 0.2) is 12.1 Å². The van der Waals surface area contributed by atoms with E-state index < -0.39 is 5.41 Å². The van der Waals surface area contributed by atoms with Gasteiger partial charge in [-0.3, -0.25) is 4.79 Å². The van der Waals surface area contributed by atoms with Gasteiger partial charge in [-0.15, -0.1) is 11.3 Å². The van der Waals surface area contributed by atoms with Gasteiger partial charge in [0.1, 0.15) is 5.41 Å². The molecule has 1 aromatic heterocycles. The van der Waals surface area contributed by atoms with Gasteiger partial charge in [-0.25, -0.2) is 0 Å². The van der Waals surface area contributed by atoms with Crippen molar-refractivity contribution in [2.45, 2.75) is 19.4 Å². The number of hydrogen-bond donors (Lipinski definition) is 1. The Morgan fingerprint density at radius 3 is 2.83 bits per heavy atom. The number of halogens is 1. The van der Waals surface area contributed by atoms with Crippen LogP contribution in [0.3, 0.4) is 0 Å². The van der Waals surface area contributed by atoms with Crippen LogP contribution in [0.5, 0.6) is 0 Å². The Balaban J connectivity index is 1.96. The molecule has 0 saturated carbocycles. The molecule has 1 aliphatic rings. The number of carbonyl (C=O) groups is 1. The maximum absolute atomic E-state index is 12.1. The summed E-state index contributed by atoms with van der Waals surface area (Å²) in [6, 6.07) is 5.81. The first kappa shape index (κ1) is 13.3. The highest BCUT2D eigenvalue weighted by atomic mass is 35.5. The van der Waals surface area contributed by atoms with Gasteiger partial charge < -0.3 is 10.1 Å². The number of nitriles is 1. The summed E-state index contributed by atoms with van der Waals surface area (Å²) >= 11 is 7.24. The van der Waals surface area contributed by atoms with Crippen molar-refractivity contribution in [2.24, 2.45) is 5.41 Å². The van der Waals surface area contributed by atoms with E-state index in [4.69, 9.17) is 16.3 Å². The molecule has 2 heterocycles. The third-order valence-electron chi connectivity index (χ3n) is 3.05. The number of ether oxygens (including phenoxy) is 1. The van der Waals surface area contributed by atoms with Crippen molar-refractivity contribution in [2.75, 3.05) is 13.2 Å². The molecule has 0 bridgehead atoms. The van der Waals surface area contributed by atoms with Crippen molar-refractivity contribution in [1.29, 1.82) is 5.26 Å². The molecule has 18 heavy (non-hydrogen) atoms. The van der Waals surface area contributed by atoms with Gasteiger partial charge in [0.15, 0.2) is 0 Å². The third-order valence-corrected chi connectivity index (χ3v) is 4.28. The Labute approximate surface area is 115 Å². The van der Waals surface area contributed by atoms with Crippen LogP contribution in [-0.2, 0) is 16.1 Å². The van der Waals surface area contributed by atoms with Gasteiger partial charge in [0.05, 0.1) is 17.0 Å². The number of carbonyl (C=O) groups excluding carboxylic acids is 1. The lowest BCUT2D eigenvalue weighted by molar-refractivity contribution is -0.132. The van der Waals surface area contributed by atoms with Crippen LogP contribution in [0.4, 0.5) is 0 Å². The molecule has 4 nitrogen and oxygen atoms in total. The summed E-state index contributed by atoms with van der Waals surface area (Å²) < 4.78 is 5.89. The van der Waals surface area contributed by atoms with Gasteiger partial charge in [-0.1, -0.05) is 11.6 Å². The highest BCUT2D eigenvalue weighted by molar-refractivity contribution is 7.16. The molecule has 1 N–H and O–H groups in total. The normalized spacial score (nSPS) is 18.0. The molecule has 0 spiro atoms. The standard InChI is InChI=1S/C12H13ClN2O2S/c13-10-2-1-9(18-10)7-15-11(16)12(8-14)3-5-17-6-4-12/h1-2H,3-7H2,(H,15,16). The number of amides is 1. The first-order valence-corrected chi connectivity index (χ1v) is 6.87. The number of rotatable bonds is 3. The van der Waals surface area contributed by atoms with E-state index in [1.165, 1.54) is 11.3 Å². The van der Waals surface area contributed by atoms with Gasteiger partial charge in [0, 0.05) is 18.1 Å². The molecule has 1 aliphatic heterocycles. The summed E-state index contributed by atoms with van der Waals surface area (Å²) in [6.07, 6.45) is 0.918. The van der Waals surface area contributed by atoms with Crippen LogP contribution in [-0.4, -0.2) is 19.1 Å². The number of hydrogen-bond acceptors (Lipinski definition) is 4. The van der Waals surface area contributed by atoms with E-state index in [9.17, 15) is 10.1 Å². The fraction of sp³-hybridized carbons (Fsp3) is 0.500. The molecule has 0 aliphatic carbocycles. The zero-order valence-electron chi connectivity index (χ0n) is 9.74. The average molecular weight is 285 g/mol.